The molecule has 1 fully saturated rings. The lowest BCUT2D eigenvalue weighted by atomic mass is 9.76. The van der Waals surface area contributed by atoms with Crippen molar-refractivity contribution in [1.29, 1.82) is 0 Å². The number of carbonyl (C=O) groups is 2. The van der Waals surface area contributed by atoms with Gasteiger partial charge >= 0.3 is 0 Å². The van der Waals surface area contributed by atoms with Gasteiger partial charge in [0.1, 0.15) is 18.1 Å². The van der Waals surface area contributed by atoms with E-state index in [1.807, 2.05) is 0 Å². The third kappa shape index (κ3) is 6.91. The van der Waals surface area contributed by atoms with E-state index < -0.39 is 40.0 Å². The number of hydrogen-bond donors (Lipinski definition) is 4. The molecule has 228 valence electrons. The quantitative estimate of drug-likeness (QED) is 0.257. The predicted octanol–water partition coefficient (Wildman–Crippen LogP) is 4.79. The van der Waals surface area contributed by atoms with Crippen molar-refractivity contribution < 1.29 is 33.1 Å². The van der Waals surface area contributed by atoms with Crippen LogP contribution in [0.2, 0.25) is 10.0 Å². The predicted molar refractivity (Wildman–Crippen MR) is 161 cm³/mol. The Bertz CT molecular complexity index is 1630. The molecule has 0 aromatic heterocycles. The van der Waals surface area contributed by atoms with Gasteiger partial charge in [-0.2, -0.15) is 0 Å². The lowest BCUT2D eigenvalue weighted by Gasteiger charge is -2.49. The van der Waals surface area contributed by atoms with E-state index in [0.29, 0.717) is 40.1 Å². The lowest BCUT2D eigenvalue weighted by molar-refractivity contribution is -0.138. The van der Waals surface area contributed by atoms with Crippen LogP contribution in [0, 0.1) is 0 Å². The summed E-state index contributed by atoms with van der Waals surface area (Å²) in [6, 6.07) is 13.5. The summed E-state index contributed by atoms with van der Waals surface area (Å²) in [5.74, 6) is -2.26. The van der Waals surface area contributed by atoms with Crippen LogP contribution in [0.1, 0.15) is 64.7 Å². The summed E-state index contributed by atoms with van der Waals surface area (Å²) in [7, 11) is -3.61. The van der Waals surface area contributed by atoms with Crippen LogP contribution in [-0.4, -0.2) is 53.7 Å². The molecule has 0 unspecified atom stereocenters. The third-order valence-corrected chi connectivity index (χ3v) is 9.06. The van der Waals surface area contributed by atoms with Gasteiger partial charge in [-0.25, -0.2) is 18.6 Å². The molecule has 0 saturated heterocycles. The number of nitrogens with one attached hydrogen (secondary N) is 2. The van der Waals surface area contributed by atoms with Crippen LogP contribution in [0.3, 0.4) is 0 Å². The molecule has 1 heterocycles. The van der Waals surface area contributed by atoms with Crippen molar-refractivity contribution in [1.82, 2.24) is 15.1 Å². The van der Waals surface area contributed by atoms with Crippen LogP contribution in [-0.2, 0) is 26.3 Å². The molecule has 0 spiro atoms. The number of phenols is 2. The molecule has 1 aliphatic carbocycles. The molecular formula is C30H31Cl2N3O7S. The SMILES string of the molecule is CS(=O)(=O)N[C@H]1CCCC[C@@H]1N1C(=O)c2ccccc2[C@@H](C(=O)NOCc2cc(O)cc(O)c2)[C@@H]1c1ccc(Cl)cc1Cl. The Morgan fingerprint density at radius 2 is 1.70 bits per heavy atom. The van der Waals surface area contributed by atoms with Gasteiger partial charge in [0.25, 0.3) is 11.8 Å². The van der Waals surface area contributed by atoms with E-state index in [4.69, 9.17) is 28.0 Å². The number of nitrogens with zero attached hydrogens (tertiary/aromatic N) is 1. The molecule has 0 bridgehead atoms. The zero-order chi connectivity index (χ0) is 30.9. The maximum atomic E-state index is 14.3. The van der Waals surface area contributed by atoms with Crippen molar-refractivity contribution in [2.45, 2.75) is 56.3 Å². The zero-order valence-electron chi connectivity index (χ0n) is 23.2. The minimum atomic E-state index is -3.61. The van der Waals surface area contributed by atoms with E-state index in [-0.39, 0.29) is 29.0 Å². The molecular weight excluding hydrogens is 617 g/mol. The topological polar surface area (TPSA) is 145 Å². The number of sulfonamides is 1. The fraction of sp³-hybridized carbons (Fsp3) is 0.333. The van der Waals surface area contributed by atoms with Gasteiger partial charge in [-0.3, -0.25) is 14.4 Å². The summed E-state index contributed by atoms with van der Waals surface area (Å²) in [4.78, 5) is 35.4. The van der Waals surface area contributed by atoms with Crippen molar-refractivity contribution in [3.05, 3.63) is 93.0 Å². The maximum Gasteiger partial charge on any atom is 0.255 e. The number of carbonyl (C=O) groups excluding carboxylic acids is 2. The van der Waals surface area contributed by atoms with E-state index in [2.05, 4.69) is 10.2 Å². The number of fused-ring (bicyclic) bond motifs is 1. The molecule has 10 nitrogen and oxygen atoms in total. The second-order valence-electron chi connectivity index (χ2n) is 10.8. The first-order valence-electron chi connectivity index (χ1n) is 13.7. The largest absolute Gasteiger partial charge is 0.508 e. The standard InChI is InChI=1S/C30H31Cl2N3O7S/c1-43(40,41)34-25-8-4-5-9-26(25)35-28(23-11-10-18(31)14-24(23)32)27(21-6-2-3-7-22(21)30(35)39)29(38)33-42-16-17-12-19(36)15-20(37)13-17/h2-3,6-7,10-15,25-28,34,36-37H,4-5,8-9,16H2,1H3,(H,33,38)/t25-,26-,27+,28-/m0/s1. The number of hydroxylamine groups is 1. The van der Waals surface area contributed by atoms with E-state index in [0.717, 1.165) is 19.1 Å². The van der Waals surface area contributed by atoms with Gasteiger partial charge in [0, 0.05) is 33.8 Å². The summed E-state index contributed by atoms with van der Waals surface area (Å²) >= 11 is 12.9. The van der Waals surface area contributed by atoms with Crippen LogP contribution in [0.15, 0.2) is 60.7 Å². The van der Waals surface area contributed by atoms with Gasteiger partial charge in [-0.1, -0.05) is 60.3 Å². The lowest BCUT2D eigenvalue weighted by Crippen LogP contribution is -2.59. The van der Waals surface area contributed by atoms with Crippen LogP contribution in [0.4, 0.5) is 0 Å². The molecule has 2 amide bonds. The van der Waals surface area contributed by atoms with E-state index in [1.54, 1.807) is 41.3 Å². The minimum Gasteiger partial charge on any atom is -0.508 e. The Morgan fingerprint density at radius 3 is 2.40 bits per heavy atom. The van der Waals surface area contributed by atoms with Crippen molar-refractivity contribution in [2.75, 3.05) is 6.26 Å². The second kappa shape index (κ2) is 12.7. The van der Waals surface area contributed by atoms with Crippen molar-refractivity contribution >= 4 is 45.0 Å². The summed E-state index contributed by atoms with van der Waals surface area (Å²) in [5, 5.41) is 20.2. The summed E-state index contributed by atoms with van der Waals surface area (Å²) in [6.45, 7) is -0.167. The highest BCUT2D eigenvalue weighted by Gasteiger charge is 2.49. The Morgan fingerprint density at radius 1 is 1.00 bits per heavy atom. The summed E-state index contributed by atoms with van der Waals surface area (Å²) in [6.07, 6.45) is 3.64. The van der Waals surface area contributed by atoms with Gasteiger partial charge in [0.2, 0.25) is 10.0 Å². The molecule has 4 N–H and O–H groups in total. The van der Waals surface area contributed by atoms with Crippen LogP contribution in [0.25, 0.3) is 0 Å². The molecule has 5 rings (SSSR count). The van der Waals surface area contributed by atoms with E-state index >= 15 is 0 Å². The molecule has 13 heteroatoms. The van der Waals surface area contributed by atoms with Crippen LogP contribution >= 0.6 is 23.2 Å². The number of rotatable bonds is 8. The normalized spacial score (nSPS) is 22.2. The van der Waals surface area contributed by atoms with Crippen LogP contribution < -0.4 is 10.2 Å². The van der Waals surface area contributed by atoms with Gasteiger partial charge in [-0.05, 0) is 59.9 Å². The Balaban J connectivity index is 1.58. The Kier molecular flexibility index (Phi) is 9.19. The first-order chi connectivity index (χ1) is 20.4. The average Bonchev–Trinajstić information content (AvgIpc) is 2.92. The average molecular weight is 649 g/mol. The third-order valence-electron chi connectivity index (χ3n) is 7.77. The highest BCUT2D eigenvalue weighted by molar-refractivity contribution is 7.88. The molecule has 4 atom stereocenters. The maximum absolute atomic E-state index is 14.3. The fourth-order valence-electron chi connectivity index (χ4n) is 6.12. The molecule has 3 aromatic rings. The van der Waals surface area contributed by atoms with Crippen molar-refractivity contribution in [3.63, 3.8) is 0 Å². The summed E-state index contributed by atoms with van der Waals surface area (Å²) < 4.78 is 27.4. The smallest absolute Gasteiger partial charge is 0.255 e. The minimum absolute atomic E-state index is 0.164. The number of amides is 2. The fourth-order valence-corrected chi connectivity index (χ4v) is 7.47. The Labute approximate surface area is 259 Å². The highest BCUT2D eigenvalue weighted by Crippen LogP contribution is 2.47. The van der Waals surface area contributed by atoms with Crippen LogP contribution in [0.5, 0.6) is 11.5 Å². The first-order valence-corrected chi connectivity index (χ1v) is 16.3. The Hall–Kier alpha value is -3.35. The molecule has 1 aliphatic heterocycles. The molecule has 1 saturated carbocycles. The number of phenolic OH excluding ortho intramolecular Hbond substituents is 2. The molecule has 43 heavy (non-hydrogen) atoms. The van der Waals surface area contributed by atoms with Crippen molar-refractivity contribution in [3.8, 4) is 11.5 Å². The monoisotopic (exact) mass is 647 g/mol. The summed E-state index contributed by atoms with van der Waals surface area (Å²) in [5.41, 5.74) is 4.12. The van der Waals surface area contributed by atoms with E-state index in [1.165, 1.54) is 24.3 Å². The molecule has 2 aliphatic rings. The second-order valence-corrected chi connectivity index (χ2v) is 13.5. The van der Waals surface area contributed by atoms with Gasteiger partial charge in [-0.15, -0.1) is 0 Å². The zero-order valence-corrected chi connectivity index (χ0v) is 25.5. The van der Waals surface area contributed by atoms with Gasteiger partial charge < -0.3 is 15.1 Å². The number of benzene rings is 3. The number of aromatic hydroxyl groups is 2. The highest BCUT2D eigenvalue weighted by atomic mass is 35.5. The molecule has 3 aromatic carbocycles. The van der Waals surface area contributed by atoms with Crippen molar-refractivity contribution in [2.24, 2.45) is 0 Å². The van der Waals surface area contributed by atoms with E-state index in [9.17, 15) is 28.2 Å². The number of hydrogen-bond acceptors (Lipinski definition) is 7. The van der Waals surface area contributed by atoms with Gasteiger partial charge in [0.15, 0.2) is 0 Å². The number of halogens is 2. The first kappa shape index (κ1) is 31.1. The molecule has 0 radical (unpaired) electrons. The van der Waals surface area contributed by atoms with Gasteiger partial charge in [0.05, 0.1) is 18.2 Å².